The summed E-state index contributed by atoms with van der Waals surface area (Å²) in [4.78, 5) is 52.8. The highest BCUT2D eigenvalue weighted by molar-refractivity contribution is 5.96. The maximum atomic E-state index is 12.8. The van der Waals surface area contributed by atoms with Gasteiger partial charge in [0.05, 0.1) is 12.6 Å². The van der Waals surface area contributed by atoms with Crippen LogP contribution in [0.3, 0.4) is 0 Å². The van der Waals surface area contributed by atoms with Crippen molar-refractivity contribution in [3.8, 4) is 0 Å². The zero-order valence-electron chi connectivity index (χ0n) is 19.2. The Labute approximate surface area is 196 Å². The van der Waals surface area contributed by atoms with E-state index < -0.39 is 18.3 Å². The molecule has 2 aliphatic rings. The predicted molar refractivity (Wildman–Crippen MR) is 124 cm³/mol. The van der Waals surface area contributed by atoms with Gasteiger partial charge in [-0.1, -0.05) is 12.1 Å². The number of carbonyl (C=O) groups is 2. The van der Waals surface area contributed by atoms with E-state index in [1.165, 1.54) is 10.6 Å². The van der Waals surface area contributed by atoms with Gasteiger partial charge in [0.1, 0.15) is 6.67 Å². The minimum atomic E-state index is -0.646. The SMILES string of the molecule is Cn1cc([C@H]2CC[C@@H](N3CC(NC(=O)CNC(=O)c4cccc(CF)c4)C3)CC2)c(=O)[nH]c1=O. The summed E-state index contributed by atoms with van der Waals surface area (Å²) < 4.78 is 14.2. The summed E-state index contributed by atoms with van der Waals surface area (Å²) in [6.45, 7) is 0.739. The van der Waals surface area contributed by atoms with E-state index >= 15 is 0 Å². The second-order valence-corrected chi connectivity index (χ2v) is 9.20. The van der Waals surface area contributed by atoms with Gasteiger partial charge in [0.15, 0.2) is 0 Å². The number of hydrogen-bond acceptors (Lipinski definition) is 5. The first kappa shape index (κ1) is 23.9. The average Bonchev–Trinajstić information content (AvgIpc) is 2.82. The van der Waals surface area contributed by atoms with Crippen molar-refractivity contribution in [1.29, 1.82) is 0 Å². The molecule has 1 aliphatic carbocycles. The molecule has 1 aromatic carbocycles. The van der Waals surface area contributed by atoms with Gasteiger partial charge in [-0.25, -0.2) is 9.18 Å². The van der Waals surface area contributed by atoms with E-state index in [1.807, 2.05) is 0 Å². The lowest BCUT2D eigenvalue weighted by Crippen LogP contribution is -2.63. The van der Waals surface area contributed by atoms with Crippen LogP contribution >= 0.6 is 0 Å². The number of H-pyrrole nitrogens is 1. The van der Waals surface area contributed by atoms with Crippen LogP contribution in [-0.2, 0) is 18.5 Å². The molecule has 10 heteroatoms. The van der Waals surface area contributed by atoms with E-state index in [-0.39, 0.29) is 30.0 Å². The summed E-state index contributed by atoms with van der Waals surface area (Å²) in [6, 6.07) is 6.73. The fraction of sp³-hybridized carbons (Fsp3) is 0.500. The van der Waals surface area contributed by atoms with Crippen molar-refractivity contribution in [1.82, 2.24) is 25.1 Å². The minimum absolute atomic E-state index is 0.0449. The van der Waals surface area contributed by atoms with Crippen LogP contribution in [0.1, 0.15) is 53.1 Å². The number of carbonyl (C=O) groups excluding carboxylic acids is 2. The van der Waals surface area contributed by atoms with E-state index in [1.54, 1.807) is 31.4 Å². The van der Waals surface area contributed by atoms with Crippen LogP contribution in [0.4, 0.5) is 4.39 Å². The quantitative estimate of drug-likeness (QED) is 0.553. The molecule has 1 saturated heterocycles. The Hall–Kier alpha value is -3.27. The third-order valence-corrected chi connectivity index (χ3v) is 6.82. The second-order valence-electron chi connectivity index (χ2n) is 9.20. The highest BCUT2D eigenvalue weighted by Crippen LogP contribution is 2.34. The van der Waals surface area contributed by atoms with Gasteiger partial charge in [0.25, 0.3) is 11.5 Å². The summed E-state index contributed by atoms with van der Waals surface area (Å²) in [5.41, 5.74) is 0.727. The molecule has 9 nitrogen and oxygen atoms in total. The number of likely N-dealkylation sites (tertiary alicyclic amines) is 1. The largest absolute Gasteiger partial charge is 0.349 e. The van der Waals surface area contributed by atoms with Crippen LogP contribution in [0, 0.1) is 0 Å². The van der Waals surface area contributed by atoms with Crippen LogP contribution < -0.4 is 21.9 Å². The van der Waals surface area contributed by atoms with Crippen LogP contribution in [0.25, 0.3) is 0 Å². The first-order valence-corrected chi connectivity index (χ1v) is 11.6. The molecule has 1 saturated carbocycles. The van der Waals surface area contributed by atoms with Gasteiger partial charge < -0.3 is 15.2 Å². The van der Waals surface area contributed by atoms with Gasteiger partial charge in [0, 0.05) is 43.5 Å². The van der Waals surface area contributed by atoms with Crippen molar-refractivity contribution in [2.45, 2.75) is 50.4 Å². The van der Waals surface area contributed by atoms with Crippen molar-refractivity contribution in [2.24, 2.45) is 7.05 Å². The molecule has 0 bridgehead atoms. The predicted octanol–water partition coefficient (Wildman–Crippen LogP) is 0.800. The van der Waals surface area contributed by atoms with Gasteiger partial charge >= 0.3 is 5.69 Å². The van der Waals surface area contributed by atoms with Crippen LogP contribution in [0.15, 0.2) is 40.1 Å². The average molecular weight is 472 g/mol. The molecule has 182 valence electrons. The van der Waals surface area contributed by atoms with Gasteiger partial charge in [-0.3, -0.25) is 24.3 Å². The smallest absolute Gasteiger partial charge is 0.328 e. The summed E-state index contributed by atoms with van der Waals surface area (Å²) in [5, 5.41) is 5.51. The molecule has 0 radical (unpaired) electrons. The first-order valence-electron chi connectivity index (χ1n) is 11.6. The van der Waals surface area contributed by atoms with E-state index in [4.69, 9.17) is 0 Å². The number of halogens is 1. The number of alkyl halides is 1. The lowest BCUT2D eigenvalue weighted by molar-refractivity contribution is -0.122. The van der Waals surface area contributed by atoms with Crippen LogP contribution in [-0.4, -0.2) is 58.0 Å². The standard InChI is InChI=1S/C24H30FN5O4/c1-29-14-20(23(33)28-24(29)34)16-5-7-19(8-6-16)30-12-18(13-30)27-21(31)11-26-22(32)17-4-2-3-15(9-17)10-25/h2-4,9,14,16,18-19H,5-8,10-13H2,1H3,(H,26,32)(H,27,31)(H,28,33,34)/t16-,19+. The molecule has 4 rings (SSSR count). The van der Waals surface area contributed by atoms with Gasteiger partial charge in [0.2, 0.25) is 5.91 Å². The molecule has 2 heterocycles. The molecule has 0 unspecified atom stereocenters. The summed E-state index contributed by atoms with van der Waals surface area (Å²) in [7, 11) is 1.64. The Balaban J connectivity index is 1.17. The summed E-state index contributed by atoms with van der Waals surface area (Å²) >= 11 is 0. The number of aryl methyl sites for hydroxylation is 1. The number of aromatic amines is 1. The molecule has 2 amide bonds. The lowest BCUT2D eigenvalue weighted by Gasteiger charge is -2.46. The summed E-state index contributed by atoms with van der Waals surface area (Å²) in [6.07, 6.45) is 5.34. The minimum Gasteiger partial charge on any atom is -0.349 e. The van der Waals surface area contributed by atoms with E-state index in [2.05, 4.69) is 20.5 Å². The second kappa shape index (κ2) is 10.3. The van der Waals surface area contributed by atoms with Crippen LogP contribution in [0.2, 0.25) is 0 Å². The monoisotopic (exact) mass is 471 g/mol. The van der Waals surface area contributed by atoms with Crippen molar-refractivity contribution in [3.63, 3.8) is 0 Å². The van der Waals surface area contributed by atoms with Crippen molar-refractivity contribution in [3.05, 3.63) is 68.0 Å². The summed E-state index contributed by atoms with van der Waals surface area (Å²) in [5.74, 6) is -0.509. The fourth-order valence-corrected chi connectivity index (χ4v) is 4.87. The third kappa shape index (κ3) is 5.44. The third-order valence-electron chi connectivity index (χ3n) is 6.82. The zero-order chi connectivity index (χ0) is 24.2. The number of nitrogens with one attached hydrogen (secondary N) is 3. The lowest BCUT2D eigenvalue weighted by atomic mass is 9.81. The van der Waals surface area contributed by atoms with Crippen molar-refractivity contribution >= 4 is 11.8 Å². The number of amides is 2. The molecule has 34 heavy (non-hydrogen) atoms. The number of nitrogens with zero attached hydrogens (tertiary/aromatic N) is 2. The van der Waals surface area contributed by atoms with E-state index in [0.717, 1.165) is 38.8 Å². The number of rotatable bonds is 7. The normalized spacial score (nSPS) is 21.0. The molecular formula is C24H30FN5O4. The van der Waals surface area contributed by atoms with Crippen molar-refractivity contribution < 1.29 is 14.0 Å². The Morgan fingerprint density at radius 1 is 1.15 bits per heavy atom. The zero-order valence-corrected chi connectivity index (χ0v) is 19.2. The number of aromatic nitrogens is 2. The Bertz CT molecular complexity index is 1160. The molecule has 1 aromatic heterocycles. The molecule has 2 aromatic rings. The Kier molecular flexibility index (Phi) is 7.26. The Morgan fingerprint density at radius 2 is 1.88 bits per heavy atom. The van der Waals surface area contributed by atoms with Gasteiger partial charge in [-0.15, -0.1) is 0 Å². The molecule has 2 fully saturated rings. The maximum absolute atomic E-state index is 12.8. The molecule has 3 N–H and O–H groups in total. The first-order chi connectivity index (χ1) is 16.3. The van der Waals surface area contributed by atoms with Crippen LogP contribution in [0.5, 0.6) is 0 Å². The molecule has 1 aliphatic heterocycles. The van der Waals surface area contributed by atoms with E-state index in [9.17, 15) is 23.6 Å². The maximum Gasteiger partial charge on any atom is 0.328 e. The highest BCUT2D eigenvalue weighted by Gasteiger charge is 2.35. The number of hydrogen-bond donors (Lipinski definition) is 3. The van der Waals surface area contributed by atoms with Gasteiger partial charge in [-0.2, -0.15) is 0 Å². The van der Waals surface area contributed by atoms with Gasteiger partial charge in [-0.05, 0) is 49.3 Å². The van der Waals surface area contributed by atoms with Crippen molar-refractivity contribution in [2.75, 3.05) is 19.6 Å². The van der Waals surface area contributed by atoms with E-state index in [0.29, 0.717) is 22.7 Å². The molecule has 0 spiro atoms. The molecule has 0 atom stereocenters. The highest BCUT2D eigenvalue weighted by atomic mass is 19.1. The molecular weight excluding hydrogens is 441 g/mol. The Morgan fingerprint density at radius 3 is 2.59 bits per heavy atom. The number of benzene rings is 1. The fourth-order valence-electron chi connectivity index (χ4n) is 4.87. The topological polar surface area (TPSA) is 116 Å².